The minimum absolute atomic E-state index is 0.0453. The number of imidazole rings is 1. The maximum atomic E-state index is 8.91. The standard InChI is InChI=1S/C12H7ClN4O/c1-17-11(7-15)10(6-14)16-12(17)18-9-4-2-8(13)3-5-9/h2-5H,1H3. The van der Waals surface area contributed by atoms with Gasteiger partial charge in [0.1, 0.15) is 17.9 Å². The fourth-order valence-corrected chi connectivity index (χ4v) is 1.51. The SMILES string of the molecule is Cn1c(Oc2ccc(Cl)cc2)nc(C#N)c1C#N. The van der Waals surface area contributed by atoms with Crippen molar-refractivity contribution in [2.75, 3.05) is 0 Å². The molecule has 88 valence electrons. The summed E-state index contributed by atoms with van der Waals surface area (Å²) < 4.78 is 6.90. The smallest absolute Gasteiger partial charge is 0.303 e. The molecule has 0 bridgehead atoms. The lowest BCUT2D eigenvalue weighted by atomic mass is 10.3. The number of nitrogens with zero attached hydrogens (tertiary/aromatic N) is 4. The van der Waals surface area contributed by atoms with Crippen molar-refractivity contribution in [3.63, 3.8) is 0 Å². The summed E-state index contributed by atoms with van der Waals surface area (Å²) in [5, 5.41) is 18.3. The van der Waals surface area contributed by atoms with Gasteiger partial charge in [0.25, 0.3) is 0 Å². The predicted octanol–water partition coefficient (Wildman–Crippen LogP) is 2.61. The van der Waals surface area contributed by atoms with E-state index >= 15 is 0 Å². The lowest BCUT2D eigenvalue weighted by Gasteiger charge is -2.04. The molecular formula is C12H7ClN4O. The molecule has 5 nitrogen and oxygen atoms in total. The van der Waals surface area contributed by atoms with E-state index in [0.717, 1.165) is 0 Å². The number of benzene rings is 1. The second-order valence-corrected chi connectivity index (χ2v) is 3.87. The van der Waals surface area contributed by atoms with Gasteiger partial charge in [0.15, 0.2) is 11.4 Å². The molecule has 2 rings (SSSR count). The van der Waals surface area contributed by atoms with Gasteiger partial charge in [-0.1, -0.05) is 11.6 Å². The first kappa shape index (κ1) is 12.0. The molecule has 0 fully saturated rings. The van der Waals surface area contributed by atoms with Crippen molar-refractivity contribution in [3.8, 4) is 23.9 Å². The van der Waals surface area contributed by atoms with E-state index in [1.807, 2.05) is 12.1 Å². The fraction of sp³-hybridized carbons (Fsp3) is 0.0833. The van der Waals surface area contributed by atoms with Crippen molar-refractivity contribution < 1.29 is 4.74 Å². The topological polar surface area (TPSA) is 74.6 Å². The summed E-state index contributed by atoms with van der Waals surface area (Å²) in [5.41, 5.74) is 0.213. The van der Waals surface area contributed by atoms with Crippen molar-refractivity contribution in [3.05, 3.63) is 40.7 Å². The molecule has 1 aromatic heterocycles. The van der Waals surface area contributed by atoms with E-state index in [2.05, 4.69) is 4.98 Å². The quantitative estimate of drug-likeness (QED) is 0.830. The molecule has 0 N–H and O–H groups in total. The average Bonchev–Trinajstić information content (AvgIpc) is 2.68. The van der Waals surface area contributed by atoms with Crippen LogP contribution in [0, 0.1) is 22.7 Å². The van der Waals surface area contributed by atoms with E-state index in [1.165, 1.54) is 4.57 Å². The van der Waals surface area contributed by atoms with Gasteiger partial charge < -0.3 is 4.74 Å². The molecule has 18 heavy (non-hydrogen) atoms. The number of nitriles is 2. The summed E-state index contributed by atoms with van der Waals surface area (Å²) in [5.74, 6) is 0.529. The highest BCUT2D eigenvalue weighted by Gasteiger charge is 2.15. The molecule has 0 aliphatic carbocycles. The maximum Gasteiger partial charge on any atom is 0.303 e. The minimum Gasteiger partial charge on any atom is -0.425 e. The average molecular weight is 259 g/mol. The fourth-order valence-electron chi connectivity index (χ4n) is 1.38. The largest absolute Gasteiger partial charge is 0.425 e. The summed E-state index contributed by atoms with van der Waals surface area (Å²) in [6.07, 6.45) is 0. The third kappa shape index (κ3) is 2.13. The highest BCUT2D eigenvalue weighted by Crippen LogP contribution is 2.23. The number of ether oxygens (including phenoxy) is 1. The maximum absolute atomic E-state index is 8.91. The second kappa shape index (κ2) is 4.79. The molecule has 0 amide bonds. The van der Waals surface area contributed by atoms with E-state index in [4.69, 9.17) is 26.9 Å². The van der Waals surface area contributed by atoms with Crippen LogP contribution in [0.3, 0.4) is 0 Å². The van der Waals surface area contributed by atoms with Gasteiger partial charge >= 0.3 is 6.01 Å². The summed E-state index contributed by atoms with van der Waals surface area (Å²) in [6.45, 7) is 0. The molecule has 0 aliphatic heterocycles. The van der Waals surface area contributed by atoms with E-state index in [-0.39, 0.29) is 17.4 Å². The van der Waals surface area contributed by atoms with Gasteiger partial charge in [-0.15, -0.1) is 0 Å². The van der Waals surface area contributed by atoms with Crippen LogP contribution in [0.5, 0.6) is 11.8 Å². The van der Waals surface area contributed by atoms with Crippen LogP contribution in [0.1, 0.15) is 11.4 Å². The zero-order valence-electron chi connectivity index (χ0n) is 9.38. The van der Waals surface area contributed by atoms with Crippen LogP contribution in [0.2, 0.25) is 5.02 Å². The Morgan fingerprint density at radius 3 is 2.39 bits per heavy atom. The van der Waals surface area contributed by atoms with Crippen LogP contribution in [0.15, 0.2) is 24.3 Å². The van der Waals surface area contributed by atoms with Gasteiger partial charge in [-0.25, -0.2) is 0 Å². The Hall–Kier alpha value is -2.50. The number of hydrogen-bond donors (Lipinski definition) is 0. The molecular weight excluding hydrogens is 252 g/mol. The lowest BCUT2D eigenvalue weighted by Crippen LogP contribution is -1.96. The van der Waals surface area contributed by atoms with Crippen LogP contribution >= 0.6 is 11.6 Å². The Balaban J connectivity index is 2.36. The Morgan fingerprint density at radius 2 is 1.89 bits per heavy atom. The van der Waals surface area contributed by atoms with Gasteiger partial charge in [-0.3, -0.25) is 4.57 Å². The minimum atomic E-state index is 0.0453. The lowest BCUT2D eigenvalue weighted by molar-refractivity contribution is 0.424. The van der Waals surface area contributed by atoms with E-state index < -0.39 is 0 Å². The zero-order chi connectivity index (χ0) is 13.1. The first-order valence-electron chi connectivity index (χ1n) is 4.96. The van der Waals surface area contributed by atoms with Gasteiger partial charge in [0.2, 0.25) is 0 Å². The third-order valence-electron chi connectivity index (χ3n) is 2.29. The van der Waals surface area contributed by atoms with Gasteiger partial charge in [-0.2, -0.15) is 15.5 Å². The van der Waals surface area contributed by atoms with E-state index in [1.54, 1.807) is 31.3 Å². The Morgan fingerprint density at radius 1 is 1.22 bits per heavy atom. The molecule has 0 saturated carbocycles. The van der Waals surface area contributed by atoms with Crippen molar-refractivity contribution >= 4 is 11.6 Å². The summed E-state index contributed by atoms with van der Waals surface area (Å²) in [4.78, 5) is 3.94. The highest BCUT2D eigenvalue weighted by atomic mass is 35.5. The molecule has 0 saturated heterocycles. The molecule has 6 heteroatoms. The van der Waals surface area contributed by atoms with Crippen LogP contribution in [-0.2, 0) is 7.05 Å². The van der Waals surface area contributed by atoms with Crippen LogP contribution in [0.25, 0.3) is 0 Å². The molecule has 0 radical (unpaired) electrons. The molecule has 0 atom stereocenters. The highest BCUT2D eigenvalue weighted by molar-refractivity contribution is 6.30. The first-order chi connectivity index (χ1) is 8.65. The first-order valence-corrected chi connectivity index (χ1v) is 5.34. The summed E-state index contributed by atoms with van der Waals surface area (Å²) >= 11 is 5.76. The van der Waals surface area contributed by atoms with Crippen LogP contribution in [0.4, 0.5) is 0 Å². The summed E-state index contributed by atoms with van der Waals surface area (Å²) in [6, 6.07) is 10.6. The van der Waals surface area contributed by atoms with Gasteiger partial charge in [0.05, 0.1) is 0 Å². The van der Waals surface area contributed by atoms with E-state index in [0.29, 0.717) is 10.8 Å². The van der Waals surface area contributed by atoms with Crippen LogP contribution < -0.4 is 4.74 Å². The molecule has 0 aliphatic rings. The van der Waals surface area contributed by atoms with Crippen molar-refractivity contribution in [2.45, 2.75) is 0 Å². The Kier molecular flexibility index (Phi) is 3.18. The predicted molar refractivity (Wildman–Crippen MR) is 64.2 cm³/mol. The molecule has 1 aromatic carbocycles. The number of halogens is 1. The van der Waals surface area contributed by atoms with Gasteiger partial charge in [0, 0.05) is 12.1 Å². The number of hydrogen-bond acceptors (Lipinski definition) is 4. The normalized spacial score (nSPS) is 9.56. The van der Waals surface area contributed by atoms with Crippen molar-refractivity contribution in [2.24, 2.45) is 7.05 Å². The Labute approximate surface area is 108 Å². The molecule has 0 unspecified atom stereocenters. The van der Waals surface area contributed by atoms with E-state index in [9.17, 15) is 0 Å². The van der Waals surface area contributed by atoms with Crippen molar-refractivity contribution in [1.82, 2.24) is 9.55 Å². The molecule has 2 aromatic rings. The number of aromatic nitrogens is 2. The second-order valence-electron chi connectivity index (χ2n) is 3.43. The van der Waals surface area contributed by atoms with Crippen molar-refractivity contribution in [1.29, 1.82) is 10.5 Å². The van der Waals surface area contributed by atoms with Crippen LogP contribution in [-0.4, -0.2) is 9.55 Å². The number of rotatable bonds is 2. The summed E-state index contributed by atoms with van der Waals surface area (Å²) in [7, 11) is 1.61. The monoisotopic (exact) mass is 258 g/mol. The zero-order valence-corrected chi connectivity index (χ0v) is 10.1. The third-order valence-corrected chi connectivity index (χ3v) is 2.54. The molecule has 0 spiro atoms. The van der Waals surface area contributed by atoms with Gasteiger partial charge in [-0.05, 0) is 24.3 Å². The Bertz CT molecular complexity index is 661. The molecule has 1 heterocycles.